The van der Waals surface area contributed by atoms with Gasteiger partial charge in [-0.3, -0.25) is 9.59 Å². The molecule has 0 aliphatic carbocycles. The average molecular weight is 427 g/mol. The summed E-state index contributed by atoms with van der Waals surface area (Å²) >= 11 is 13.4. The van der Waals surface area contributed by atoms with E-state index < -0.39 is 0 Å². The number of para-hydroxylation sites is 1. The smallest absolute Gasteiger partial charge is 0.253 e. The Bertz CT molecular complexity index is 802. The number of ether oxygens (including phenoxy) is 1. The number of halogens is 2. The SMILES string of the molecule is COCCNC(=O)c1ccccc1NC(=O)CSCc1ccc(Cl)cc1Cl. The summed E-state index contributed by atoms with van der Waals surface area (Å²) < 4.78 is 4.91. The standard InChI is InChI=1S/C19H20Cl2N2O3S/c1-26-9-8-22-19(25)15-4-2-3-5-17(15)23-18(24)12-27-11-13-6-7-14(20)10-16(13)21/h2-7,10H,8-9,11-12H2,1H3,(H,22,25)(H,23,24). The van der Waals surface area contributed by atoms with Gasteiger partial charge in [-0.05, 0) is 29.8 Å². The summed E-state index contributed by atoms with van der Waals surface area (Å²) in [6.07, 6.45) is 0. The molecule has 0 unspecified atom stereocenters. The molecular formula is C19H20Cl2N2O3S. The van der Waals surface area contributed by atoms with E-state index in [0.29, 0.717) is 40.2 Å². The van der Waals surface area contributed by atoms with Crippen molar-refractivity contribution in [3.8, 4) is 0 Å². The fourth-order valence-electron chi connectivity index (χ4n) is 2.23. The first-order valence-corrected chi connectivity index (χ1v) is 10.1. The van der Waals surface area contributed by atoms with E-state index >= 15 is 0 Å². The highest BCUT2D eigenvalue weighted by atomic mass is 35.5. The molecule has 0 aliphatic rings. The van der Waals surface area contributed by atoms with E-state index in [2.05, 4.69) is 10.6 Å². The van der Waals surface area contributed by atoms with Crippen molar-refractivity contribution in [1.82, 2.24) is 5.32 Å². The molecule has 0 radical (unpaired) electrons. The molecule has 0 bridgehead atoms. The van der Waals surface area contributed by atoms with Crippen molar-refractivity contribution in [2.75, 3.05) is 31.3 Å². The molecule has 5 nitrogen and oxygen atoms in total. The van der Waals surface area contributed by atoms with Gasteiger partial charge in [0.05, 0.1) is 23.6 Å². The fraction of sp³-hybridized carbons (Fsp3) is 0.263. The van der Waals surface area contributed by atoms with E-state index in [9.17, 15) is 9.59 Å². The number of methoxy groups -OCH3 is 1. The van der Waals surface area contributed by atoms with Gasteiger partial charge in [0.25, 0.3) is 5.91 Å². The van der Waals surface area contributed by atoms with E-state index in [-0.39, 0.29) is 17.6 Å². The molecule has 144 valence electrons. The molecule has 0 heterocycles. The molecule has 27 heavy (non-hydrogen) atoms. The van der Waals surface area contributed by atoms with Crippen LogP contribution in [0.25, 0.3) is 0 Å². The third kappa shape index (κ3) is 7.07. The molecule has 2 aromatic carbocycles. The molecule has 0 aromatic heterocycles. The van der Waals surface area contributed by atoms with Crippen molar-refractivity contribution < 1.29 is 14.3 Å². The van der Waals surface area contributed by atoms with Gasteiger partial charge < -0.3 is 15.4 Å². The Kier molecular flexibility index (Phi) is 8.94. The number of benzene rings is 2. The number of amides is 2. The average Bonchev–Trinajstić information content (AvgIpc) is 2.64. The topological polar surface area (TPSA) is 67.4 Å². The monoisotopic (exact) mass is 426 g/mol. The van der Waals surface area contributed by atoms with E-state index in [0.717, 1.165) is 5.56 Å². The second-order valence-electron chi connectivity index (χ2n) is 5.57. The van der Waals surface area contributed by atoms with Gasteiger partial charge in [0.2, 0.25) is 5.91 Å². The number of carbonyl (C=O) groups is 2. The highest BCUT2D eigenvalue weighted by Crippen LogP contribution is 2.25. The maximum absolute atomic E-state index is 12.2. The Hall–Kier alpha value is -1.73. The number of hydrogen-bond donors (Lipinski definition) is 2. The zero-order valence-electron chi connectivity index (χ0n) is 14.8. The van der Waals surface area contributed by atoms with Crippen LogP contribution in [0.15, 0.2) is 42.5 Å². The predicted octanol–water partition coefficient (Wildman–Crippen LogP) is 4.24. The Labute approximate surface area is 172 Å². The number of carbonyl (C=O) groups excluding carboxylic acids is 2. The van der Waals surface area contributed by atoms with Crippen LogP contribution in [0, 0.1) is 0 Å². The lowest BCUT2D eigenvalue weighted by Crippen LogP contribution is -2.28. The largest absolute Gasteiger partial charge is 0.383 e. The molecule has 2 N–H and O–H groups in total. The van der Waals surface area contributed by atoms with E-state index in [1.54, 1.807) is 43.5 Å². The van der Waals surface area contributed by atoms with Crippen LogP contribution < -0.4 is 10.6 Å². The van der Waals surface area contributed by atoms with Crippen LogP contribution in [0.3, 0.4) is 0 Å². The predicted molar refractivity (Wildman–Crippen MR) is 112 cm³/mol. The Morgan fingerprint density at radius 1 is 1.15 bits per heavy atom. The number of rotatable bonds is 9. The number of anilines is 1. The van der Waals surface area contributed by atoms with Gasteiger partial charge in [0, 0.05) is 29.5 Å². The van der Waals surface area contributed by atoms with Crippen molar-refractivity contribution in [1.29, 1.82) is 0 Å². The summed E-state index contributed by atoms with van der Waals surface area (Å²) in [7, 11) is 1.56. The number of nitrogens with one attached hydrogen (secondary N) is 2. The molecule has 0 spiro atoms. The third-order valence-electron chi connectivity index (χ3n) is 3.54. The zero-order chi connectivity index (χ0) is 19.6. The minimum atomic E-state index is -0.261. The highest BCUT2D eigenvalue weighted by Gasteiger charge is 2.13. The van der Waals surface area contributed by atoms with E-state index in [1.165, 1.54) is 11.8 Å². The molecule has 0 aliphatic heterocycles. The highest BCUT2D eigenvalue weighted by molar-refractivity contribution is 7.99. The normalized spacial score (nSPS) is 10.5. The summed E-state index contributed by atoms with van der Waals surface area (Å²) in [5.74, 6) is 0.368. The summed E-state index contributed by atoms with van der Waals surface area (Å²) in [6, 6.07) is 12.2. The minimum absolute atomic E-state index is 0.192. The molecule has 2 amide bonds. The quantitative estimate of drug-likeness (QED) is 0.588. The molecule has 0 atom stereocenters. The summed E-state index contributed by atoms with van der Waals surface area (Å²) in [4.78, 5) is 24.5. The molecule has 0 saturated heterocycles. The third-order valence-corrected chi connectivity index (χ3v) is 5.11. The fourth-order valence-corrected chi connectivity index (χ4v) is 3.62. The number of hydrogen-bond acceptors (Lipinski definition) is 4. The molecule has 0 saturated carbocycles. The van der Waals surface area contributed by atoms with Crippen LogP contribution in [0.5, 0.6) is 0 Å². The Balaban J connectivity index is 1.89. The van der Waals surface area contributed by atoms with Gasteiger partial charge in [-0.1, -0.05) is 41.4 Å². The summed E-state index contributed by atoms with van der Waals surface area (Å²) in [5.41, 5.74) is 1.80. The first-order chi connectivity index (χ1) is 13.0. The van der Waals surface area contributed by atoms with Crippen LogP contribution >= 0.6 is 35.0 Å². The lowest BCUT2D eigenvalue weighted by Gasteiger charge is -2.11. The van der Waals surface area contributed by atoms with Crippen molar-refractivity contribution >= 4 is 52.5 Å². The maximum atomic E-state index is 12.2. The molecule has 2 aromatic rings. The van der Waals surface area contributed by atoms with Gasteiger partial charge in [-0.15, -0.1) is 11.8 Å². The van der Waals surface area contributed by atoms with E-state index in [4.69, 9.17) is 27.9 Å². The van der Waals surface area contributed by atoms with Gasteiger partial charge in [-0.2, -0.15) is 0 Å². The lowest BCUT2D eigenvalue weighted by atomic mass is 10.1. The van der Waals surface area contributed by atoms with Gasteiger partial charge >= 0.3 is 0 Å². The second kappa shape index (κ2) is 11.2. The Morgan fingerprint density at radius 3 is 2.67 bits per heavy atom. The van der Waals surface area contributed by atoms with Gasteiger partial charge in [0.1, 0.15) is 0 Å². The van der Waals surface area contributed by atoms with Crippen molar-refractivity contribution in [3.05, 3.63) is 63.6 Å². The van der Waals surface area contributed by atoms with Crippen LogP contribution in [0.4, 0.5) is 5.69 Å². The molecule has 8 heteroatoms. The van der Waals surface area contributed by atoms with Crippen LogP contribution in [0.2, 0.25) is 10.0 Å². The summed E-state index contributed by atoms with van der Waals surface area (Å²) in [6.45, 7) is 0.819. The molecule has 2 rings (SSSR count). The first kappa shape index (κ1) is 21.6. The summed E-state index contributed by atoms with van der Waals surface area (Å²) in [5, 5.41) is 6.68. The van der Waals surface area contributed by atoms with E-state index in [1.807, 2.05) is 6.07 Å². The molecular weight excluding hydrogens is 407 g/mol. The van der Waals surface area contributed by atoms with Crippen molar-refractivity contribution in [3.63, 3.8) is 0 Å². The second-order valence-corrected chi connectivity index (χ2v) is 7.40. The van der Waals surface area contributed by atoms with Crippen LogP contribution in [-0.2, 0) is 15.3 Å². The maximum Gasteiger partial charge on any atom is 0.253 e. The van der Waals surface area contributed by atoms with Crippen LogP contribution in [0.1, 0.15) is 15.9 Å². The minimum Gasteiger partial charge on any atom is -0.383 e. The van der Waals surface area contributed by atoms with Gasteiger partial charge in [-0.25, -0.2) is 0 Å². The lowest BCUT2D eigenvalue weighted by molar-refractivity contribution is -0.113. The van der Waals surface area contributed by atoms with Crippen LogP contribution in [-0.4, -0.2) is 37.8 Å². The number of thioether (sulfide) groups is 1. The van der Waals surface area contributed by atoms with Gasteiger partial charge in [0.15, 0.2) is 0 Å². The Morgan fingerprint density at radius 2 is 1.93 bits per heavy atom. The first-order valence-electron chi connectivity index (χ1n) is 8.19. The molecule has 0 fully saturated rings. The zero-order valence-corrected chi connectivity index (χ0v) is 17.1. The van der Waals surface area contributed by atoms with Crippen molar-refractivity contribution in [2.45, 2.75) is 5.75 Å². The van der Waals surface area contributed by atoms with Crippen molar-refractivity contribution in [2.24, 2.45) is 0 Å².